The van der Waals surface area contributed by atoms with E-state index in [1.54, 1.807) is 18.2 Å². The van der Waals surface area contributed by atoms with Gasteiger partial charge in [-0.15, -0.1) is 0 Å². The van der Waals surface area contributed by atoms with Gasteiger partial charge in [-0.1, -0.05) is 47.5 Å². The summed E-state index contributed by atoms with van der Waals surface area (Å²) in [6.45, 7) is 0.517. The van der Waals surface area contributed by atoms with Crippen LogP contribution in [0.25, 0.3) is 22.8 Å². The van der Waals surface area contributed by atoms with E-state index in [0.29, 0.717) is 28.2 Å². The van der Waals surface area contributed by atoms with Gasteiger partial charge in [0.15, 0.2) is 11.6 Å². The van der Waals surface area contributed by atoms with Crippen molar-refractivity contribution in [2.45, 2.75) is 6.54 Å². The smallest absolute Gasteiger partial charge is 0.181 e. The normalized spacial score (nSPS) is 10.8. The molecule has 0 unspecified atom stereocenters. The van der Waals surface area contributed by atoms with Gasteiger partial charge >= 0.3 is 0 Å². The molecule has 2 aromatic carbocycles. The molecule has 106 valence electrons. The number of aromatic amines is 1. The molecular formula is C15H12Cl2N4. The van der Waals surface area contributed by atoms with Crippen LogP contribution in [-0.4, -0.2) is 15.2 Å². The number of rotatable bonds is 3. The topological polar surface area (TPSA) is 67.6 Å². The van der Waals surface area contributed by atoms with Crippen LogP contribution in [0.2, 0.25) is 10.0 Å². The van der Waals surface area contributed by atoms with Gasteiger partial charge in [-0.05, 0) is 23.8 Å². The average molecular weight is 319 g/mol. The number of hydrogen-bond donors (Lipinski definition) is 2. The maximum absolute atomic E-state index is 6.00. The molecule has 0 aliphatic heterocycles. The number of H-pyrrole nitrogens is 1. The molecule has 1 aromatic heterocycles. The van der Waals surface area contributed by atoms with Crippen LogP contribution in [0.15, 0.2) is 42.5 Å². The first-order valence-corrected chi connectivity index (χ1v) is 7.09. The Kier molecular flexibility index (Phi) is 3.92. The van der Waals surface area contributed by atoms with E-state index >= 15 is 0 Å². The third kappa shape index (κ3) is 3.08. The number of aromatic nitrogens is 3. The highest BCUT2D eigenvalue weighted by atomic mass is 35.5. The molecule has 0 bridgehead atoms. The van der Waals surface area contributed by atoms with Gasteiger partial charge in [0.05, 0.1) is 0 Å². The van der Waals surface area contributed by atoms with Crippen LogP contribution in [0, 0.1) is 0 Å². The summed E-state index contributed by atoms with van der Waals surface area (Å²) in [5, 5.41) is 8.23. The maximum Gasteiger partial charge on any atom is 0.181 e. The summed E-state index contributed by atoms with van der Waals surface area (Å²) in [4.78, 5) is 4.47. The van der Waals surface area contributed by atoms with E-state index in [9.17, 15) is 0 Å². The van der Waals surface area contributed by atoms with E-state index in [4.69, 9.17) is 28.9 Å². The molecule has 3 N–H and O–H groups in total. The Hall–Kier alpha value is -1.88. The number of nitrogens with zero attached hydrogens (tertiary/aromatic N) is 2. The first-order chi connectivity index (χ1) is 10.2. The second-order valence-corrected chi connectivity index (χ2v) is 5.44. The monoisotopic (exact) mass is 318 g/mol. The van der Waals surface area contributed by atoms with Crippen LogP contribution in [0.3, 0.4) is 0 Å². The molecule has 3 rings (SSSR count). The molecule has 1 heterocycles. The summed E-state index contributed by atoms with van der Waals surface area (Å²) in [6, 6.07) is 13.1. The third-order valence-electron chi connectivity index (χ3n) is 3.07. The van der Waals surface area contributed by atoms with E-state index in [0.717, 1.165) is 16.7 Å². The zero-order chi connectivity index (χ0) is 14.8. The van der Waals surface area contributed by atoms with Crippen LogP contribution in [0.4, 0.5) is 0 Å². The fraction of sp³-hybridized carbons (Fsp3) is 0.0667. The summed E-state index contributed by atoms with van der Waals surface area (Å²) in [5.41, 5.74) is 8.37. The van der Waals surface area contributed by atoms with E-state index in [2.05, 4.69) is 15.2 Å². The van der Waals surface area contributed by atoms with Crippen LogP contribution in [0.5, 0.6) is 0 Å². The minimum absolute atomic E-state index is 0.517. The Labute approximate surface area is 131 Å². The predicted molar refractivity (Wildman–Crippen MR) is 85.2 cm³/mol. The van der Waals surface area contributed by atoms with Crippen molar-refractivity contribution in [3.8, 4) is 22.8 Å². The largest absolute Gasteiger partial charge is 0.326 e. The van der Waals surface area contributed by atoms with Crippen molar-refractivity contribution in [3.05, 3.63) is 58.1 Å². The van der Waals surface area contributed by atoms with Crippen LogP contribution >= 0.6 is 23.2 Å². The number of nitrogens with two attached hydrogens (primary N) is 1. The number of nitrogens with one attached hydrogen (secondary N) is 1. The molecule has 6 heteroatoms. The molecule has 0 spiro atoms. The Morgan fingerprint density at radius 1 is 0.952 bits per heavy atom. The van der Waals surface area contributed by atoms with Crippen LogP contribution in [-0.2, 0) is 6.54 Å². The zero-order valence-electron chi connectivity index (χ0n) is 11.0. The lowest BCUT2D eigenvalue weighted by molar-refractivity contribution is 1.07. The van der Waals surface area contributed by atoms with Gasteiger partial charge in [-0.3, -0.25) is 5.10 Å². The fourth-order valence-corrected chi connectivity index (χ4v) is 2.53. The van der Waals surface area contributed by atoms with Gasteiger partial charge < -0.3 is 5.73 Å². The van der Waals surface area contributed by atoms with E-state index in [1.165, 1.54) is 0 Å². The number of benzene rings is 2. The minimum atomic E-state index is 0.517. The highest BCUT2D eigenvalue weighted by molar-refractivity contribution is 6.35. The number of hydrogen-bond acceptors (Lipinski definition) is 3. The summed E-state index contributed by atoms with van der Waals surface area (Å²) < 4.78 is 0. The SMILES string of the molecule is NCc1ccc(-c2nc(-c3cc(Cl)cc(Cl)c3)n[nH]2)cc1. The maximum atomic E-state index is 6.00. The Morgan fingerprint density at radius 2 is 1.62 bits per heavy atom. The van der Waals surface area contributed by atoms with Gasteiger partial charge in [0, 0.05) is 27.7 Å². The lowest BCUT2D eigenvalue weighted by atomic mass is 10.1. The molecule has 21 heavy (non-hydrogen) atoms. The zero-order valence-corrected chi connectivity index (χ0v) is 12.5. The second-order valence-electron chi connectivity index (χ2n) is 4.57. The lowest BCUT2D eigenvalue weighted by Gasteiger charge is -1.99. The molecular weight excluding hydrogens is 307 g/mol. The molecule has 3 aromatic rings. The Balaban J connectivity index is 1.95. The molecule has 0 fully saturated rings. The van der Waals surface area contributed by atoms with Gasteiger partial charge in [0.1, 0.15) is 0 Å². The Bertz CT molecular complexity index is 745. The van der Waals surface area contributed by atoms with Gasteiger partial charge in [0.25, 0.3) is 0 Å². The number of halogens is 2. The van der Waals surface area contributed by atoms with Crippen LogP contribution in [0.1, 0.15) is 5.56 Å². The molecule has 0 amide bonds. The quantitative estimate of drug-likeness (QED) is 0.769. The summed E-state index contributed by atoms with van der Waals surface area (Å²) in [7, 11) is 0. The fourth-order valence-electron chi connectivity index (χ4n) is 2.00. The van der Waals surface area contributed by atoms with E-state index in [-0.39, 0.29) is 0 Å². The summed E-state index contributed by atoms with van der Waals surface area (Å²) >= 11 is 12.0. The molecule has 0 aliphatic rings. The van der Waals surface area contributed by atoms with Gasteiger partial charge in [0.2, 0.25) is 0 Å². The summed E-state index contributed by atoms with van der Waals surface area (Å²) in [6.07, 6.45) is 0. The first-order valence-electron chi connectivity index (χ1n) is 6.34. The molecule has 0 aliphatic carbocycles. The standard InChI is InChI=1S/C15H12Cl2N4/c16-12-5-11(6-13(17)7-12)15-19-14(20-21-15)10-3-1-9(8-18)2-4-10/h1-7H,8,18H2,(H,19,20,21). The average Bonchev–Trinajstić information content (AvgIpc) is 2.96. The van der Waals surface area contributed by atoms with E-state index < -0.39 is 0 Å². The van der Waals surface area contributed by atoms with Crippen molar-refractivity contribution < 1.29 is 0 Å². The van der Waals surface area contributed by atoms with Gasteiger partial charge in [-0.25, -0.2) is 4.98 Å². The Morgan fingerprint density at radius 3 is 2.24 bits per heavy atom. The van der Waals surface area contributed by atoms with Crippen molar-refractivity contribution in [1.82, 2.24) is 15.2 Å². The van der Waals surface area contributed by atoms with Crippen molar-refractivity contribution >= 4 is 23.2 Å². The highest BCUT2D eigenvalue weighted by Crippen LogP contribution is 2.26. The second kappa shape index (κ2) is 5.85. The third-order valence-corrected chi connectivity index (χ3v) is 3.51. The minimum Gasteiger partial charge on any atom is -0.326 e. The lowest BCUT2D eigenvalue weighted by Crippen LogP contribution is -1.95. The highest BCUT2D eigenvalue weighted by Gasteiger charge is 2.09. The molecule has 0 saturated heterocycles. The predicted octanol–water partition coefficient (Wildman–Crippen LogP) is 3.90. The van der Waals surface area contributed by atoms with Crippen molar-refractivity contribution in [2.24, 2.45) is 5.73 Å². The molecule has 0 saturated carbocycles. The molecule has 4 nitrogen and oxygen atoms in total. The van der Waals surface area contributed by atoms with Crippen molar-refractivity contribution in [1.29, 1.82) is 0 Å². The first kappa shape index (κ1) is 14.1. The molecule has 0 radical (unpaired) electrons. The van der Waals surface area contributed by atoms with Gasteiger partial charge in [-0.2, -0.15) is 5.10 Å². The molecule has 0 atom stereocenters. The van der Waals surface area contributed by atoms with Crippen LogP contribution < -0.4 is 5.73 Å². The van der Waals surface area contributed by atoms with E-state index in [1.807, 2.05) is 24.3 Å². The van der Waals surface area contributed by atoms with Crippen molar-refractivity contribution in [3.63, 3.8) is 0 Å². The summed E-state index contributed by atoms with van der Waals surface area (Å²) in [5.74, 6) is 1.24. The van der Waals surface area contributed by atoms with Crippen molar-refractivity contribution in [2.75, 3.05) is 0 Å².